The maximum atomic E-state index is 11.3. The molecule has 0 radical (unpaired) electrons. The summed E-state index contributed by atoms with van der Waals surface area (Å²) in [5, 5.41) is 17.8. The summed E-state index contributed by atoms with van der Waals surface area (Å²) < 4.78 is 7.44. The Kier molecular flexibility index (Phi) is 5.24. The number of carboxylic acid groups (broad SMARTS) is 1. The number of methoxy groups -OCH3 is 1. The van der Waals surface area contributed by atoms with E-state index >= 15 is 0 Å². The number of benzene rings is 1. The first-order valence-electron chi connectivity index (χ1n) is 11.1. The van der Waals surface area contributed by atoms with Gasteiger partial charge >= 0.3 is 5.97 Å². The zero-order valence-electron chi connectivity index (χ0n) is 18.2. The lowest BCUT2D eigenvalue weighted by Crippen LogP contribution is -2.42. The van der Waals surface area contributed by atoms with Crippen molar-refractivity contribution < 1.29 is 14.6 Å². The smallest absolute Gasteiger partial charge is 0.335 e. The predicted octanol–water partition coefficient (Wildman–Crippen LogP) is 3.57. The van der Waals surface area contributed by atoms with Crippen LogP contribution in [0.25, 0.3) is 5.69 Å². The molecule has 1 atom stereocenters. The zero-order valence-corrected chi connectivity index (χ0v) is 18.2. The normalized spacial score (nSPS) is 17.8. The van der Waals surface area contributed by atoms with Crippen LogP contribution in [0.4, 0.5) is 5.82 Å². The van der Waals surface area contributed by atoms with Gasteiger partial charge in [-0.2, -0.15) is 0 Å². The highest BCUT2D eigenvalue weighted by atomic mass is 16.5. The Morgan fingerprint density at radius 1 is 1.28 bits per heavy atom. The van der Waals surface area contributed by atoms with Crippen LogP contribution in [-0.4, -0.2) is 49.0 Å². The van der Waals surface area contributed by atoms with Crippen LogP contribution in [0.1, 0.15) is 72.6 Å². The van der Waals surface area contributed by atoms with E-state index in [0.717, 1.165) is 42.2 Å². The van der Waals surface area contributed by atoms with E-state index in [0.29, 0.717) is 24.0 Å². The summed E-state index contributed by atoms with van der Waals surface area (Å²) in [5.74, 6) is 2.06. The Morgan fingerprint density at radius 2 is 2.09 bits per heavy atom. The van der Waals surface area contributed by atoms with Gasteiger partial charge in [-0.25, -0.2) is 14.8 Å². The van der Waals surface area contributed by atoms with Gasteiger partial charge in [0.15, 0.2) is 11.6 Å². The zero-order chi connectivity index (χ0) is 22.2. The number of carboxylic acids is 1. The molecule has 3 heterocycles. The van der Waals surface area contributed by atoms with Crippen molar-refractivity contribution in [3.63, 3.8) is 0 Å². The number of rotatable bonds is 6. The van der Waals surface area contributed by atoms with Crippen molar-refractivity contribution in [3.05, 3.63) is 53.5 Å². The van der Waals surface area contributed by atoms with Gasteiger partial charge < -0.3 is 14.7 Å². The van der Waals surface area contributed by atoms with Crippen LogP contribution in [0, 0.1) is 0 Å². The number of anilines is 1. The summed E-state index contributed by atoms with van der Waals surface area (Å²) in [6, 6.07) is 5.45. The standard InChI is InChI=1S/C23H26N6O3/c1-3-17-22-27-25-13-28(22)18-12-24-20(26-21(18)29(17)16-6-4-5-7-16)11-14-8-9-15(23(30)31)10-19(14)32-2/h8-10,12-13,16-17H,3-7,11H2,1-2H3,(H,30,31)/t17-/m1/s1. The Hall–Kier alpha value is -3.49. The van der Waals surface area contributed by atoms with Gasteiger partial charge in [-0.1, -0.05) is 25.8 Å². The SMILES string of the molecule is CC[C@@H]1c2nncn2-c2cnc(Cc3ccc(C(=O)O)cc3OC)nc2N1C1CCCC1. The molecule has 1 N–H and O–H groups in total. The Bertz CT molecular complexity index is 1150. The summed E-state index contributed by atoms with van der Waals surface area (Å²) in [4.78, 5) is 23.4. The van der Waals surface area contributed by atoms with Gasteiger partial charge in [0.25, 0.3) is 0 Å². The molecular formula is C23H26N6O3. The monoisotopic (exact) mass is 434 g/mol. The Morgan fingerprint density at radius 3 is 2.81 bits per heavy atom. The van der Waals surface area contributed by atoms with E-state index in [9.17, 15) is 9.90 Å². The highest BCUT2D eigenvalue weighted by molar-refractivity contribution is 5.88. The van der Waals surface area contributed by atoms with Gasteiger partial charge in [0, 0.05) is 18.0 Å². The van der Waals surface area contributed by atoms with Crippen molar-refractivity contribution in [2.24, 2.45) is 0 Å². The lowest BCUT2D eigenvalue weighted by atomic mass is 10.0. The average Bonchev–Trinajstić information content (AvgIpc) is 3.50. The van der Waals surface area contributed by atoms with E-state index < -0.39 is 5.97 Å². The number of nitrogens with zero attached hydrogens (tertiary/aromatic N) is 6. The first-order valence-corrected chi connectivity index (χ1v) is 11.1. The molecule has 1 aromatic carbocycles. The quantitative estimate of drug-likeness (QED) is 0.628. The first kappa shape index (κ1) is 20.4. The molecular weight excluding hydrogens is 408 g/mol. The topological polar surface area (TPSA) is 106 Å². The molecule has 166 valence electrons. The minimum atomic E-state index is -0.984. The molecule has 1 aliphatic heterocycles. The van der Waals surface area contributed by atoms with Crippen molar-refractivity contribution in [1.29, 1.82) is 0 Å². The van der Waals surface area contributed by atoms with E-state index in [-0.39, 0.29) is 11.6 Å². The van der Waals surface area contributed by atoms with Crippen LogP contribution >= 0.6 is 0 Å². The van der Waals surface area contributed by atoms with Gasteiger partial charge in [0.2, 0.25) is 0 Å². The third-order valence-electron chi connectivity index (χ3n) is 6.50. The summed E-state index contributed by atoms with van der Waals surface area (Å²) in [6.07, 6.45) is 9.69. The number of aromatic carboxylic acids is 1. The van der Waals surface area contributed by atoms with Gasteiger partial charge in [-0.15, -0.1) is 10.2 Å². The molecule has 1 fully saturated rings. The summed E-state index contributed by atoms with van der Waals surface area (Å²) in [6.45, 7) is 2.17. The second-order valence-corrected chi connectivity index (χ2v) is 8.33. The van der Waals surface area contributed by atoms with Gasteiger partial charge in [-0.3, -0.25) is 4.57 Å². The molecule has 0 bridgehead atoms. The molecule has 2 aromatic heterocycles. The summed E-state index contributed by atoms with van der Waals surface area (Å²) >= 11 is 0. The maximum absolute atomic E-state index is 11.3. The third-order valence-corrected chi connectivity index (χ3v) is 6.50. The Balaban J connectivity index is 1.56. The molecule has 3 aromatic rings. The van der Waals surface area contributed by atoms with Crippen LogP contribution in [0.2, 0.25) is 0 Å². The second kappa shape index (κ2) is 8.22. The predicted molar refractivity (Wildman–Crippen MR) is 117 cm³/mol. The van der Waals surface area contributed by atoms with Crippen molar-refractivity contribution in [2.75, 3.05) is 12.0 Å². The third kappa shape index (κ3) is 3.37. The van der Waals surface area contributed by atoms with Gasteiger partial charge in [0.1, 0.15) is 23.6 Å². The van der Waals surface area contributed by atoms with E-state index in [1.807, 2.05) is 10.8 Å². The summed E-state index contributed by atoms with van der Waals surface area (Å²) in [5.41, 5.74) is 1.94. The summed E-state index contributed by atoms with van der Waals surface area (Å²) in [7, 11) is 1.54. The number of aromatic nitrogens is 5. The highest BCUT2D eigenvalue weighted by Crippen LogP contribution is 2.42. The van der Waals surface area contributed by atoms with Crippen molar-refractivity contribution in [2.45, 2.75) is 57.5 Å². The van der Waals surface area contributed by atoms with E-state index in [1.165, 1.54) is 18.9 Å². The molecule has 1 aliphatic carbocycles. The fraction of sp³-hybridized carbons (Fsp3) is 0.435. The first-order chi connectivity index (χ1) is 15.6. The largest absolute Gasteiger partial charge is 0.496 e. The molecule has 2 aliphatic rings. The fourth-order valence-electron chi connectivity index (χ4n) is 4.96. The molecule has 32 heavy (non-hydrogen) atoms. The molecule has 0 spiro atoms. The molecule has 0 amide bonds. The second-order valence-electron chi connectivity index (χ2n) is 8.33. The van der Waals surface area contributed by atoms with E-state index in [1.54, 1.807) is 25.6 Å². The van der Waals surface area contributed by atoms with Gasteiger partial charge in [-0.05, 0) is 31.4 Å². The van der Waals surface area contributed by atoms with E-state index in [4.69, 9.17) is 9.72 Å². The van der Waals surface area contributed by atoms with Crippen molar-refractivity contribution in [1.82, 2.24) is 24.7 Å². The average molecular weight is 435 g/mol. The fourth-order valence-corrected chi connectivity index (χ4v) is 4.96. The van der Waals surface area contributed by atoms with Crippen LogP contribution < -0.4 is 9.64 Å². The number of hydrogen-bond acceptors (Lipinski definition) is 7. The maximum Gasteiger partial charge on any atom is 0.335 e. The van der Waals surface area contributed by atoms with Gasteiger partial charge in [0.05, 0.1) is 24.9 Å². The number of ether oxygens (including phenoxy) is 1. The minimum Gasteiger partial charge on any atom is -0.496 e. The minimum absolute atomic E-state index is 0.125. The van der Waals surface area contributed by atoms with Crippen molar-refractivity contribution >= 4 is 11.8 Å². The van der Waals surface area contributed by atoms with Crippen LogP contribution in [0.15, 0.2) is 30.7 Å². The molecule has 1 saturated carbocycles. The van der Waals surface area contributed by atoms with Crippen LogP contribution in [0.3, 0.4) is 0 Å². The lowest BCUT2D eigenvalue weighted by Gasteiger charge is -2.40. The van der Waals surface area contributed by atoms with E-state index in [2.05, 4.69) is 27.0 Å². The molecule has 9 heteroatoms. The molecule has 0 unspecified atom stereocenters. The molecule has 9 nitrogen and oxygen atoms in total. The highest BCUT2D eigenvalue weighted by Gasteiger charge is 2.38. The Labute approximate surface area is 186 Å². The number of fused-ring (bicyclic) bond motifs is 3. The molecule has 5 rings (SSSR count). The lowest BCUT2D eigenvalue weighted by molar-refractivity contribution is 0.0696. The van der Waals surface area contributed by atoms with Crippen LogP contribution in [-0.2, 0) is 6.42 Å². The van der Waals surface area contributed by atoms with Crippen LogP contribution in [0.5, 0.6) is 5.75 Å². The number of carbonyl (C=O) groups is 1. The molecule has 0 saturated heterocycles. The van der Waals surface area contributed by atoms with Crippen molar-refractivity contribution in [3.8, 4) is 11.4 Å². The number of hydrogen-bond donors (Lipinski definition) is 1.